The van der Waals surface area contributed by atoms with E-state index in [1.807, 2.05) is 11.8 Å². The quantitative estimate of drug-likeness (QED) is 0.822. The van der Waals surface area contributed by atoms with Gasteiger partial charge < -0.3 is 10.2 Å². The van der Waals surface area contributed by atoms with Crippen LogP contribution >= 0.6 is 0 Å². The highest BCUT2D eigenvalue weighted by Gasteiger charge is 2.47. The second-order valence-electron chi connectivity index (χ2n) is 6.73. The van der Waals surface area contributed by atoms with Gasteiger partial charge in [-0.15, -0.1) is 0 Å². The van der Waals surface area contributed by atoms with Crippen molar-refractivity contribution in [3.05, 3.63) is 0 Å². The number of hydrogen-bond acceptors (Lipinski definition) is 2. The molecule has 0 radical (unpaired) electrons. The van der Waals surface area contributed by atoms with Crippen molar-refractivity contribution in [3.8, 4) is 0 Å². The Labute approximate surface area is 114 Å². The maximum absolute atomic E-state index is 12.4. The van der Waals surface area contributed by atoms with E-state index in [1.54, 1.807) is 6.92 Å². The smallest absolute Gasteiger partial charge is 0.245 e. The van der Waals surface area contributed by atoms with E-state index in [4.69, 9.17) is 0 Å². The number of carbonyl (C=O) groups excluding carboxylic acids is 2. The van der Waals surface area contributed by atoms with Crippen LogP contribution in [0.2, 0.25) is 0 Å². The number of fused-ring (bicyclic) bond motifs is 2. The average molecular weight is 264 g/mol. The summed E-state index contributed by atoms with van der Waals surface area (Å²) in [7, 11) is 0. The van der Waals surface area contributed by atoms with Gasteiger partial charge in [0.05, 0.1) is 0 Å². The fourth-order valence-corrected chi connectivity index (χ4v) is 4.58. The first-order valence-corrected chi connectivity index (χ1v) is 7.61. The zero-order valence-electron chi connectivity index (χ0n) is 12.1. The van der Waals surface area contributed by atoms with Crippen molar-refractivity contribution in [2.75, 3.05) is 0 Å². The van der Waals surface area contributed by atoms with Crippen molar-refractivity contribution in [2.45, 2.75) is 64.6 Å². The molecule has 2 amide bonds. The summed E-state index contributed by atoms with van der Waals surface area (Å²) in [6.07, 6.45) is 5.28. The van der Waals surface area contributed by atoms with Crippen LogP contribution in [0.5, 0.6) is 0 Å². The normalized spacial score (nSPS) is 43.5. The number of amides is 2. The van der Waals surface area contributed by atoms with Gasteiger partial charge in [0.25, 0.3) is 0 Å². The van der Waals surface area contributed by atoms with Crippen molar-refractivity contribution in [3.63, 3.8) is 0 Å². The molecule has 4 nitrogen and oxygen atoms in total. The van der Waals surface area contributed by atoms with Gasteiger partial charge in [-0.2, -0.15) is 0 Å². The Bertz CT molecular complexity index is 409. The molecule has 3 fully saturated rings. The molecule has 1 N–H and O–H groups in total. The van der Waals surface area contributed by atoms with Crippen molar-refractivity contribution in [1.82, 2.24) is 10.2 Å². The largest absolute Gasteiger partial charge is 0.343 e. The van der Waals surface area contributed by atoms with Crippen LogP contribution in [0.4, 0.5) is 0 Å². The lowest BCUT2D eigenvalue weighted by Gasteiger charge is -2.44. The lowest BCUT2D eigenvalue weighted by Crippen LogP contribution is -2.64. The Kier molecular flexibility index (Phi) is 3.06. The summed E-state index contributed by atoms with van der Waals surface area (Å²) in [4.78, 5) is 26.2. The second-order valence-corrected chi connectivity index (χ2v) is 6.73. The Balaban J connectivity index is 1.79. The third-order valence-electron chi connectivity index (χ3n) is 5.63. The molecule has 0 aromatic carbocycles. The summed E-state index contributed by atoms with van der Waals surface area (Å²) >= 11 is 0. The Morgan fingerprint density at radius 3 is 2.53 bits per heavy atom. The first-order valence-electron chi connectivity index (χ1n) is 7.61. The van der Waals surface area contributed by atoms with Gasteiger partial charge in [0, 0.05) is 6.04 Å². The molecule has 3 rings (SSSR count). The maximum atomic E-state index is 12.4. The molecular weight excluding hydrogens is 240 g/mol. The van der Waals surface area contributed by atoms with E-state index in [2.05, 4.69) is 12.2 Å². The minimum Gasteiger partial charge on any atom is -0.343 e. The molecule has 1 saturated heterocycles. The highest BCUT2D eigenvalue weighted by molar-refractivity contribution is 5.96. The van der Waals surface area contributed by atoms with Crippen LogP contribution in [0.15, 0.2) is 0 Å². The molecule has 1 aliphatic heterocycles. The van der Waals surface area contributed by atoms with Gasteiger partial charge in [-0.05, 0) is 57.8 Å². The Morgan fingerprint density at radius 1 is 1.21 bits per heavy atom. The zero-order valence-corrected chi connectivity index (χ0v) is 12.1. The molecule has 2 bridgehead atoms. The minimum absolute atomic E-state index is 0.0119. The molecule has 106 valence electrons. The van der Waals surface area contributed by atoms with Crippen LogP contribution in [-0.4, -0.2) is 34.8 Å². The van der Waals surface area contributed by atoms with Crippen LogP contribution in [0.3, 0.4) is 0 Å². The fraction of sp³-hybridized carbons (Fsp3) is 0.867. The Morgan fingerprint density at radius 2 is 1.95 bits per heavy atom. The highest BCUT2D eigenvalue weighted by Crippen LogP contribution is 2.50. The van der Waals surface area contributed by atoms with E-state index in [0.29, 0.717) is 5.92 Å². The first-order chi connectivity index (χ1) is 8.99. The molecule has 1 heterocycles. The van der Waals surface area contributed by atoms with Crippen LogP contribution in [0, 0.1) is 17.8 Å². The van der Waals surface area contributed by atoms with Gasteiger partial charge in [-0.3, -0.25) is 9.59 Å². The molecule has 19 heavy (non-hydrogen) atoms. The predicted molar refractivity (Wildman–Crippen MR) is 72.3 cm³/mol. The van der Waals surface area contributed by atoms with Gasteiger partial charge >= 0.3 is 0 Å². The monoisotopic (exact) mass is 264 g/mol. The van der Waals surface area contributed by atoms with E-state index in [-0.39, 0.29) is 29.9 Å². The summed E-state index contributed by atoms with van der Waals surface area (Å²) in [5, 5.41) is 2.76. The van der Waals surface area contributed by atoms with Gasteiger partial charge in [0.1, 0.15) is 12.1 Å². The van der Waals surface area contributed by atoms with E-state index >= 15 is 0 Å². The summed E-state index contributed by atoms with van der Waals surface area (Å²) in [5.41, 5.74) is 0. The van der Waals surface area contributed by atoms with E-state index in [1.165, 1.54) is 25.7 Å². The molecular formula is C15H24N2O2. The maximum Gasteiger partial charge on any atom is 0.245 e. The number of carbonyl (C=O) groups is 2. The summed E-state index contributed by atoms with van der Waals surface area (Å²) < 4.78 is 0. The lowest BCUT2D eigenvalue weighted by molar-refractivity contribution is -0.152. The fourth-order valence-electron chi connectivity index (χ4n) is 4.58. The van der Waals surface area contributed by atoms with Gasteiger partial charge in [0.15, 0.2) is 0 Å². The van der Waals surface area contributed by atoms with Crippen LogP contribution in [0.25, 0.3) is 0 Å². The third kappa shape index (κ3) is 1.96. The molecule has 2 saturated carbocycles. The molecule has 6 atom stereocenters. The molecule has 0 spiro atoms. The minimum atomic E-state index is -0.371. The number of rotatable bonds is 2. The third-order valence-corrected chi connectivity index (χ3v) is 5.63. The van der Waals surface area contributed by atoms with Gasteiger partial charge in [-0.1, -0.05) is 6.42 Å². The van der Waals surface area contributed by atoms with Crippen LogP contribution < -0.4 is 5.32 Å². The molecule has 2 aliphatic carbocycles. The molecule has 0 aromatic rings. The topological polar surface area (TPSA) is 49.4 Å². The standard InChI is InChI=1S/C15H24N2O2/c1-8-15(19)17(10(3)14(18)16-8)9(2)13-7-11-4-5-12(13)6-11/h8-13H,4-7H2,1-3H3,(H,16,18). The molecule has 4 heteroatoms. The molecule has 6 unspecified atom stereocenters. The Hall–Kier alpha value is -1.06. The van der Waals surface area contributed by atoms with Crippen molar-refractivity contribution >= 4 is 11.8 Å². The second kappa shape index (κ2) is 4.50. The summed E-state index contributed by atoms with van der Waals surface area (Å²) in [5.74, 6) is 2.33. The van der Waals surface area contributed by atoms with Crippen molar-refractivity contribution in [1.29, 1.82) is 0 Å². The van der Waals surface area contributed by atoms with Crippen molar-refractivity contribution in [2.24, 2.45) is 17.8 Å². The van der Waals surface area contributed by atoms with Gasteiger partial charge in [0.2, 0.25) is 11.8 Å². The highest BCUT2D eigenvalue weighted by atomic mass is 16.2. The van der Waals surface area contributed by atoms with E-state index in [0.717, 1.165) is 11.8 Å². The summed E-state index contributed by atoms with van der Waals surface area (Å²) in [6.45, 7) is 5.78. The predicted octanol–water partition coefficient (Wildman–Crippen LogP) is 1.55. The van der Waals surface area contributed by atoms with Crippen LogP contribution in [-0.2, 0) is 9.59 Å². The lowest BCUT2D eigenvalue weighted by atomic mass is 9.82. The first kappa shape index (κ1) is 12.9. The van der Waals surface area contributed by atoms with Crippen molar-refractivity contribution < 1.29 is 9.59 Å². The summed E-state index contributed by atoms with van der Waals surface area (Å²) in [6, 6.07) is -0.492. The van der Waals surface area contributed by atoms with E-state index < -0.39 is 0 Å². The molecule has 0 aromatic heterocycles. The number of hydrogen-bond donors (Lipinski definition) is 1. The van der Waals surface area contributed by atoms with E-state index in [9.17, 15) is 9.59 Å². The number of nitrogens with one attached hydrogen (secondary N) is 1. The number of nitrogens with zero attached hydrogens (tertiary/aromatic N) is 1. The SMILES string of the molecule is CC1NC(=O)C(C)N(C(C)C2CC3CCC2C3)C1=O. The molecule has 3 aliphatic rings. The van der Waals surface area contributed by atoms with Crippen LogP contribution in [0.1, 0.15) is 46.5 Å². The zero-order chi connectivity index (χ0) is 13.7. The average Bonchev–Trinajstić information content (AvgIpc) is 2.98. The van der Waals surface area contributed by atoms with Gasteiger partial charge in [-0.25, -0.2) is 0 Å². The number of piperazine rings is 1.